The summed E-state index contributed by atoms with van der Waals surface area (Å²) in [5.41, 5.74) is 6.50. The van der Waals surface area contributed by atoms with E-state index in [0.29, 0.717) is 41.7 Å². The predicted molar refractivity (Wildman–Crippen MR) is 93.8 cm³/mol. The minimum Gasteiger partial charge on any atom is -0.365 e. The fraction of sp³-hybridized carbons (Fsp3) is 0.667. The van der Waals surface area contributed by atoms with E-state index in [1.54, 1.807) is 0 Å². The number of hydrogen-bond donors (Lipinski definition) is 2. The fourth-order valence-electron chi connectivity index (χ4n) is 3.27. The van der Waals surface area contributed by atoms with E-state index in [1.807, 2.05) is 6.92 Å². The lowest BCUT2D eigenvalue weighted by molar-refractivity contribution is -0.123. The maximum atomic E-state index is 11.8. The molecule has 0 spiro atoms. The van der Waals surface area contributed by atoms with Gasteiger partial charge in [-0.3, -0.25) is 9.59 Å². The highest BCUT2D eigenvalue weighted by Crippen LogP contribution is 2.27. The van der Waals surface area contributed by atoms with E-state index in [-0.39, 0.29) is 12.0 Å². The Kier molecular flexibility index (Phi) is 6.29. The van der Waals surface area contributed by atoms with Crippen LogP contribution in [0.3, 0.4) is 0 Å². The Bertz CT molecular complexity index is 593. The summed E-state index contributed by atoms with van der Waals surface area (Å²) < 4.78 is 0. The number of nitrogens with zero attached hydrogens (tertiary/aromatic N) is 2. The Morgan fingerprint density at radius 1 is 1.29 bits per heavy atom. The number of hydrogen-bond acceptors (Lipinski definition) is 5. The van der Waals surface area contributed by atoms with Crippen molar-refractivity contribution in [3.05, 3.63) is 17.5 Å². The van der Waals surface area contributed by atoms with Crippen LogP contribution in [0.5, 0.6) is 0 Å². The zero-order chi connectivity index (χ0) is 17.7. The zero-order valence-electron chi connectivity index (χ0n) is 14.8. The molecule has 1 aromatic rings. The SMILES string of the molecule is CCC(=O)C1CCC(Nc2ncc(C(N)=O)c(CC(C)C)n2)CC1. The topological polar surface area (TPSA) is 98.0 Å². The van der Waals surface area contributed by atoms with Crippen molar-refractivity contribution in [2.45, 2.75) is 65.3 Å². The van der Waals surface area contributed by atoms with Gasteiger partial charge in [-0.05, 0) is 38.0 Å². The molecule has 6 heteroatoms. The molecule has 0 aliphatic heterocycles. The van der Waals surface area contributed by atoms with Crippen molar-refractivity contribution in [3.8, 4) is 0 Å². The van der Waals surface area contributed by atoms with Crippen LogP contribution in [0.2, 0.25) is 0 Å². The minimum atomic E-state index is -0.490. The Morgan fingerprint density at radius 3 is 2.50 bits per heavy atom. The van der Waals surface area contributed by atoms with Gasteiger partial charge >= 0.3 is 0 Å². The maximum absolute atomic E-state index is 11.8. The summed E-state index contributed by atoms with van der Waals surface area (Å²) in [5.74, 6) is 1.01. The molecular formula is C18H28N4O2. The van der Waals surface area contributed by atoms with Gasteiger partial charge in [0.25, 0.3) is 5.91 Å². The largest absolute Gasteiger partial charge is 0.365 e. The van der Waals surface area contributed by atoms with Crippen LogP contribution in [0.15, 0.2) is 6.20 Å². The second-order valence-corrected chi connectivity index (χ2v) is 7.03. The Balaban J connectivity index is 2.03. The lowest BCUT2D eigenvalue weighted by atomic mass is 9.83. The van der Waals surface area contributed by atoms with Gasteiger partial charge < -0.3 is 11.1 Å². The molecule has 1 fully saturated rings. The highest BCUT2D eigenvalue weighted by molar-refractivity contribution is 5.93. The van der Waals surface area contributed by atoms with Crippen LogP contribution in [0.4, 0.5) is 5.95 Å². The summed E-state index contributed by atoms with van der Waals surface area (Å²) >= 11 is 0. The lowest BCUT2D eigenvalue weighted by Crippen LogP contribution is -2.30. The number of nitrogens with two attached hydrogens (primary N) is 1. The van der Waals surface area contributed by atoms with Gasteiger partial charge in [-0.2, -0.15) is 0 Å². The number of primary amides is 1. The Morgan fingerprint density at radius 2 is 1.96 bits per heavy atom. The van der Waals surface area contributed by atoms with Crippen molar-refractivity contribution >= 4 is 17.6 Å². The monoisotopic (exact) mass is 332 g/mol. The van der Waals surface area contributed by atoms with Crippen LogP contribution in [0.1, 0.15) is 68.9 Å². The van der Waals surface area contributed by atoms with Crippen molar-refractivity contribution in [3.63, 3.8) is 0 Å². The number of ketones is 1. The third-order valence-electron chi connectivity index (χ3n) is 4.60. The highest BCUT2D eigenvalue weighted by atomic mass is 16.1. The first kappa shape index (κ1) is 18.4. The van der Waals surface area contributed by atoms with Gasteiger partial charge in [-0.15, -0.1) is 0 Å². The number of carbonyl (C=O) groups is 2. The number of amides is 1. The smallest absolute Gasteiger partial charge is 0.252 e. The quantitative estimate of drug-likeness (QED) is 0.800. The van der Waals surface area contributed by atoms with Gasteiger partial charge in [0.1, 0.15) is 5.78 Å². The van der Waals surface area contributed by atoms with Crippen molar-refractivity contribution < 1.29 is 9.59 Å². The van der Waals surface area contributed by atoms with Crippen molar-refractivity contribution in [2.75, 3.05) is 5.32 Å². The van der Waals surface area contributed by atoms with Crippen LogP contribution in [-0.2, 0) is 11.2 Å². The molecule has 0 saturated heterocycles. The first-order chi connectivity index (χ1) is 11.4. The molecule has 132 valence electrons. The van der Waals surface area contributed by atoms with E-state index in [1.165, 1.54) is 6.20 Å². The molecule has 1 amide bonds. The fourth-order valence-corrected chi connectivity index (χ4v) is 3.27. The van der Waals surface area contributed by atoms with E-state index < -0.39 is 5.91 Å². The van der Waals surface area contributed by atoms with Gasteiger partial charge in [0, 0.05) is 24.6 Å². The molecule has 0 atom stereocenters. The highest BCUT2D eigenvalue weighted by Gasteiger charge is 2.25. The van der Waals surface area contributed by atoms with E-state index in [9.17, 15) is 9.59 Å². The first-order valence-corrected chi connectivity index (χ1v) is 8.85. The van der Waals surface area contributed by atoms with E-state index in [0.717, 1.165) is 25.7 Å². The number of anilines is 1. The Hall–Kier alpha value is -1.98. The minimum absolute atomic E-state index is 0.211. The molecule has 24 heavy (non-hydrogen) atoms. The summed E-state index contributed by atoms with van der Waals surface area (Å²) in [5, 5.41) is 3.35. The molecule has 1 saturated carbocycles. The molecule has 0 bridgehead atoms. The zero-order valence-corrected chi connectivity index (χ0v) is 14.8. The number of aromatic nitrogens is 2. The predicted octanol–water partition coefficient (Wildman–Crippen LogP) is 2.72. The number of carbonyl (C=O) groups excluding carboxylic acids is 2. The maximum Gasteiger partial charge on any atom is 0.252 e. The van der Waals surface area contributed by atoms with E-state index in [2.05, 4.69) is 29.1 Å². The van der Waals surface area contributed by atoms with Gasteiger partial charge in [0.05, 0.1) is 11.3 Å². The second-order valence-electron chi connectivity index (χ2n) is 7.03. The third kappa shape index (κ3) is 4.76. The van der Waals surface area contributed by atoms with Crippen LogP contribution in [0, 0.1) is 11.8 Å². The molecule has 6 nitrogen and oxygen atoms in total. The van der Waals surface area contributed by atoms with Gasteiger partial charge in [0.15, 0.2) is 0 Å². The molecule has 0 radical (unpaired) electrons. The standard InChI is InChI=1S/C18H28N4O2/c1-4-16(23)12-5-7-13(8-6-12)21-18-20-10-14(17(19)24)15(22-18)9-11(2)3/h10-13H,4-9H2,1-3H3,(H2,19,24)(H,20,21,22). The molecule has 1 aliphatic rings. The lowest BCUT2D eigenvalue weighted by Gasteiger charge is -2.28. The van der Waals surface area contributed by atoms with Gasteiger partial charge in [0.2, 0.25) is 5.95 Å². The van der Waals surface area contributed by atoms with Crippen LogP contribution in [-0.4, -0.2) is 27.7 Å². The molecule has 1 heterocycles. The van der Waals surface area contributed by atoms with Crippen LogP contribution >= 0.6 is 0 Å². The van der Waals surface area contributed by atoms with Crippen LogP contribution < -0.4 is 11.1 Å². The summed E-state index contributed by atoms with van der Waals surface area (Å²) in [6, 6.07) is 0.275. The summed E-state index contributed by atoms with van der Waals surface area (Å²) in [4.78, 5) is 32.1. The summed E-state index contributed by atoms with van der Waals surface area (Å²) in [7, 11) is 0. The molecule has 2 rings (SSSR count). The average Bonchev–Trinajstić information content (AvgIpc) is 2.54. The molecule has 3 N–H and O–H groups in total. The van der Waals surface area contributed by atoms with Gasteiger partial charge in [-0.25, -0.2) is 9.97 Å². The van der Waals surface area contributed by atoms with E-state index >= 15 is 0 Å². The normalized spacial score (nSPS) is 20.8. The number of Topliss-reactive ketones (excluding diaryl/α,β-unsaturated/α-hetero) is 1. The third-order valence-corrected chi connectivity index (χ3v) is 4.60. The molecular weight excluding hydrogens is 304 g/mol. The Labute approximate surface area is 143 Å². The van der Waals surface area contributed by atoms with Crippen molar-refractivity contribution in [1.29, 1.82) is 0 Å². The molecule has 0 unspecified atom stereocenters. The molecule has 0 aromatic carbocycles. The van der Waals surface area contributed by atoms with E-state index in [4.69, 9.17) is 5.73 Å². The molecule has 1 aromatic heterocycles. The van der Waals surface area contributed by atoms with Gasteiger partial charge in [-0.1, -0.05) is 20.8 Å². The second kappa shape index (κ2) is 8.22. The van der Waals surface area contributed by atoms with Crippen molar-refractivity contribution in [2.24, 2.45) is 17.6 Å². The molecule has 1 aliphatic carbocycles. The van der Waals surface area contributed by atoms with Crippen LogP contribution in [0.25, 0.3) is 0 Å². The number of rotatable bonds is 7. The van der Waals surface area contributed by atoms with Crippen molar-refractivity contribution in [1.82, 2.24) is 9.97 Å². The average molecular weight is 332 g/mol. The summed E-state index contributed by atoms with van der Waals surface area (Å²) in [6.07, 6.45) is 6.55. The first-order valence-electron chi connectivity index (χ1n) is 8.85. The number of nitrogens with one attached hydrogen (secondary N) is 1. The summed E-state index contributed by atoms with van der Waals surface area (Å²) in [6.45, 7) is 6.08.